The highest BCUT2D eigenvalue weighted by Crippen LogP contribution is 2.18. The van der Waals surface area contributed by atoms with Crippen LogP contribution in [0.5, 0.6) is 0 Å². The van der Waals surface area contributed by atoms with E-state index in [1.54, 1.807) is 4.57 Å². The summed E-state index contributed by atoms with van der Waals surface area (Å²) in [5.74, 6) is -1.93. The van der Waals surface area contributed by atoms with Crippen molar-refractivity contribution in [2.45, 2.75) is 26.3 Å². The summed E-state index contributed by atoms with van der Waals surface area (Å²) in [6.07, 6.45) is 2.50. The normalized spacial score (nSPS) is 11.7. The molecule has 13 heavy (non-hydrogen) atoms. The molecule has 0 aliphatic rings. The Balaban J connectivity index is 3.17. The van der Waals surface area contributed by atoms with Crippen molar-refractivity contribution >= 4 is 5.97 Å². The maximum Gasteiger partial charge on any atom is 0.340 e. The molecule has 0 fully saturated rings. The van der Waals surface area contributed by atoms with E-state index in [2.05, 4.69) is 0 Å². The number of rotatable bonds is 1. The Morgan fingerprint density at radius 3 is 2.23 bits per heavy atom. The molecule has 0 unspecified atom stereocenters. The fourth-order valence-electron chi connectivity index (χ4n) is 0.974. The third-order valence-electron chi connectivity index (χ3n) is 1.78. The van der Waals surface area contributed by atoms with E-state index in [0.29, 0.717) is 0 Å². The number of carbonyl (C=O) groups is 1. The second-order valence-electron chi connectivity index (χ2n) is 3.90. The molecule has 0 amide bonds. The number of aromatic carboxylic acids is 1. The van der Waals surface area contributed by atoms with Crippen LogP contribution in [0.25, 0.3) is 0 Å². The molecule has 0 radical (unpaired) electrons. The Hall–Kier alpha value is -1.32. The summed E-state index contributed by atoms with van der Waals surface area (Å²) in [6, 6.07) is 0. The molecule has 0 aliphatic carbocycles. The number of halogens is 1. The Morgan fingerprint density at radius 2 is 2.00 bits per heavy atom. The minimum atomic E-state index is -1.24. The van der Waals surface area contributed by atoms with E-state index in [1.807, 2.05) is 20.8 Å². The molecule has 0 atom stereocenters. The van der Waals surface area contributed by atoms with Gasteiger partial charge in [0.25, 0.3) is 0 Å². The molecule has 1 aromatic heterocycles. The average molecular weight is 185 g/mol. The number of carboxylic acid groups (broad SMARTS) is 1. The quantitative estimate of drug-likeness (QED) is 0.727. The molecule has 1 N–H and O–H groups in total. The van der Waals surface area contributed by atoms with Crippen LogP contribution in [0.1, 0.15) is 31.1 Å². The van der Waals surface area contributed by atoms with Gasteiger partial charge in [-0.2, -0.15) is 0 Å². The van der Waals surface area contributed by atoms with E-state index in [-0.39, 0.29) is 11.1 Å². The largest absolute Gasteiger partial charge is 0.478 e. The Morgan fingerprint density at radius 1 is 1.46 bits per heavy atom. The lowest BCUT2D eigenvalue weighted by Gasteiger charge is -2.20. The molecular formula is C9H12FNO2. The maximum atomic E-state index is 13.0. The zero-order valence-corrected chi connectivity index (χ0v) is 7.84. The van der Waals surface area contributed by atoms with Crippen LogP contribution in [0.4, 0.5) is 4.39 Å². The fraction of sp³-hybridized carbons (Fsp3) is 0.444. The maximum absolute atomic E-state index is 13.0. The number of hydrogen-bond acceptors (Lipinski definition) is 1. The highest BCUT2D eigenvalue weighted by atomic mass is 19.1. The lowest BCUT2D eigenvalue weighted by atomic mass is 10.1. The smallest absolute Gasteiger partial charge is 0.340 e. The molecule has 0 aliphatic heterocycles. The van der Waals surface area contributed by atoms with Crippen LogP contribution in [-0.4, -0.2) is 15.6 Å². The number of hydrogen-bond donors (Lipinski definition) is 1. The first-order valence-corrected chi connectivity index (χ1v) is 3.93. The summed E-state index contributed by atoms with van der Waals surface area (Å²) >= 11 is 0. The van der Waals surface area contributed by atoms with Gasteiger partial charge in [-0.15, -0.1) is 0 Å². The van der Waals surface area contributed by atoms with Gasteiger partial charge in [0, 0.05) is 17.9 Å². The van der Waals surface area contributed by atoms with Gasteiger partial charge in [-0.1, -0.05) is 0 Å². The van der Waals surface area contributed by atoms with Crippen molar-refractivity contribution in [1.82, 2.24) is 4.57 Å². The third kappa shape index (κ3) is 1.88. The highest BCUT2D eigenvalue weighted by molar-refractivity contribution is 5.87. The summed E-state index contributed by atoms with van der Waals surface area (Å²) in [7, 11) is 0. The Bertz CT molecular complexity index is 336. The molecule has 1 heterocycles. The minimum absolute atomic E-state index is 0.282. The third-order valence-corrected chi connectivity index (χ3v) is 1.78. The van der Waals surface area contributed by atoms with Crippen LogP contribution in [0.2, 0.25) is 0 Å². The molecular weight excluding hydrogens is 173 g/mol. The zero-order valence-electron chi connectivity index (χ0n) is 7.84. The molecule has 0 spiro atoms. The second kappa shape index (κ2) is 2.87. The first kappa shape index (κ1) is 9.77. The average Bonchev–Trinajstić information content (AvgIpc) is 2.29. The lowest BCUT2D eigenvalue weighted by molar-refractivity contribution is 0.0692. The number of aromatic nitrogens is 1. The monoisotopic (exact) mass is 185 g/mol. The highest BCUT2D eigenvalue weighted by Gasteiger charge is 2.19. The van der Waals surface area contributed by atoms with Crippen LogP contribution in [0.3, 0.4) is 0 Å². The summed E-state index contributed by atoms with van der Waals surface area (Å²) in [5, 5.41) is 8.59. The topological polar surface area (TPSA) is 42.2 Å². The van der Waals surface area contributed by atoms with E-state index in [4.69, 9.17) is 5.11 Å². The zero-order chi connectivity index (χ0) is 10.2. The van der Waals surface area contributed by atoms with Gasteiger partial charge < -0.3 is 9.67 Å². The fourth-order valence-corrected chi connectivity index (χ4v) is 0.974. The molecule has 1 aromatic rings. The SMILES string of the molecule is CC(C)(C)n1cc(F)c(C(=O)O)c1. The van der Waals surface area contributed by atoms with Gasteiger partial charge in [-0.05, 0) is 20.8 Å². The van der Waals surface area contributed by atoms with Crippen LogP contribution in [0, 0.1) is 5.82 Å². The molecule has 0 saturated heterocycles. The summed E-state index contributed by atoms with van der Waals surface area (Å²) < 4.78 is 14.5. The van der Waals surface area contributed by atoms with Crippen molar-refractivity contribution in [3.8, 4) is 0 Å². The number of carboxylic acids is 1. The van der Waals surface area contributed by atoms with Crippen LogP contribution >= 0.6 is 0 Å². The molecule has 0 saturated carbocycles. The van der Waals surface area contributed by atoms with Gasteiger partial charge in [-0.25, -0.2) is 9.18 Å². The van der Waals surface area contributed by atoms with Gasteiger partial charge in [0.05, 0.1) is 0 Å². The van der Waals surface area contributed by atoms with E-state index >= 15 is 0 Å². The van der Waals surface area contributed by atoms with E-state index in [9.17, 15) is 9.18 Å². The molecule has 3 nitrogen and oxygen atoms in total. The van der Waals surface area contributed by atoms with E-state index in [0.717, 1.165) is 0 Å². The number of nitrogens with zero attached hydrogens (tertiary/aromatic N) is 1. The summed E-state index contributed by atoms with van der Waals surface area (Å²) in [5.41, 5.74) is -0.580. The van der Waals surface area contributed by atoms with Crippen LogP contribution in [0.15, 0.2) is 12.4 Å². The molecule has 1 rings (SSSR count). The first-order chi connectivity index (χ1) is 5.82. The van der Waals surface area contributed by atoms with Crippen molar-refractivity contribution in [2.24, 2.45) is 0 Å². The molecule has 4 heteroatoms. The lowest BCUT2D eigenvalue weighted by Crippen LogP contribution is -2.19. The van der Waals surface area contributed by atoms with Crippen molar-refractivity contribution in [1.29, 1.82) is 0 Å². The summed E-state index contributed by atoms with van der Waals surface area (Å²) in [6.45, 7) is 5.62. The van der Waals surface area contributed by atoms with E-state index in [1.165, 1.54) is 12.4 Å². The van der Waals surface area contributed by atoms with Crippen molar-refractivity contribution in [3.63, 3.8) is 0 Å². The van der Waals surface area contributed by atoms with Gasteiger partial charge in [0.15, 0.2) is 5.82 Å². The van der Waals surface area contributed by atoms with Gasteiger partial charge >= 0.3 is 5.97 Å². The minimum Gasteiger partial charge on any atom is -0.478 e. The van der Waals surface area contributed by atoms with Crippen LogP contribution < -0.4 is 0 Å². The Kier molecular flexibility index (Phi) is 2.15. The van der Waals surface area contributed by atoms with Gasteiger partial charge in [-0.3, -0.25) is 0 Å². The predicted octanol–water partition coefficient (Wildman–Crippen LogP) is 2.08. The molecule has 72 valence electrons. The van der Waals surface area contributed by atoms with E-state index < -0.39 is 11.8 Å². The van der Waals surface area contributed by atoms with Crippen molar-refractivity contribution < 1.29 is 14.3 Å². The van der Waals surface area contributed by atoms with Crippen LogP contribution in [-0.2, 0) is 5.54 Å². The van der Waals surface area contributed by atoms with Gasteiger partial charge in [0.2, 0.25) is 0 Å². The second-order valence-corrected chi connectivity index (χ2v) is 3.90. The summed E-state index contributed by atoms with van der Waals surface area (Å²) in [4.78, 5) is 10.5. The van der Waals surface area contributed by atoms with Gasteiger partial charge in [0.1, 0.15) is 5.56 Å². The Labute approximate surface area is 75.8 Å². The predicted molar refractivity (Wildman–Crippen MR) is 46.3 cm³/mol. The van der Waals surface area contributed by atoms with Crippen molar-refractivity contribution in [2.75, 3.05) is 0 Å². The molecule has 0 bridgehead atoms. The standard InChI is InChI=1S/C9H12FNO2/c1-9(2,3)11-4-6(8(12)13)7(10)5-11/h4-5H,1-3H3,(H,12,13). The van der Waals surface area contributed by atoms with Crippen molar-refractivity contribution in [3.05, 3.63) is 23.8 Å². The first-order valence-electron chi connectivity index (χ1n) is 3.93. The molecule has 0 aromatic carbocycles.